The first-order valence-electron chi connectivity index (χ1n) is 9.02. The number of sulfonamides is 1. The molecule has 158 valence electrons. The number of carbonyl (C=O) groups is 2. The first-order valence-corrected chi connectivity index (χ1v) is 11.4. The molecule has 1 saturated heterocycles. The minimum atomic E-state index is -3.60. The zero-order chi connectivity index (χ0) is 20.9. The van der Waals surface area contributed by atoms with E-state index in [0.717, 1.165) is 0 Å². The van der Waals surface area contributed by atoms with Crippen molar-refractivity contribution in [3.8, 4) is 0 Å². The fourth-order valence-corrected chi connectivity index (χ4v) is 4.94. The number of nitrogens with zero attached hydrogens (tertiary/aromatic N) is 2. The molecule has 2 N–H and O–H groups in total. The zero-order valence-electron chi connectivity index (χ0n) is 15.8. The molecule has 0 aromatic carbocycles. The molecule has 0 bridgehead atoms. The third-order valence-corrected chi connectivity index (χ3v) is 7.11. The largest absolute Gasteiger partial charge is 0.463 e. The van der Waals surface area contributed by atoms with Crippen molar-refractivity contribution in [2.75, 3.05) is 45.2 Å². The molecule has 0 aliphatic carbocycles. The van der Waals surface area contributed by atoms with Gasteiger partial charge >= 0.3 is 12.0 Å². The molecule has 2 amide bonds. The van der Waals surface area contributed by atoms with Gasteiger partial charge in [-0.25, -0.2) is 23.0 Å². The molecular weight excluding hydrogens is 420 g/mol. The quantitative estimate of drug-likeness (QED) is 0.457. The van der Waals surface area contributed by atoms with E-state index >= 15 is 0 Å². The number of urea groups is 1. The van der Waals surface area contributed by atoms with E-state index in [1.165, 1.54) is 28.3 Å². The van der Waals surface area contributed by atoms with Gasteiger partial charge in [0.15, 0.2) is 0 Å². The van der Waals surface area contributed by atoms with Gasteiger partial charge in [-0.15, -0.1) is 11.8 Å². The van der Waals surface area contributed by atoms with Gasteiger partial charge in [-0.2, -0.15) is 4.31 Å². The van der Waals surface area contributed by atoms with Gasteiger partial charge in [-0.05, 0) is 19.1 Å². The van der Waals surface area contributed by atoms with E-state index in [0.29, 0.717) is 42.6 Å². The number of esters is 1. The molecule has 0 unspecified atom stereocenters. The van der Waals surface area contributed by atoms with Gasteiger partial charge in [-0.1, -0.05) is 0 Å². The highest BCUT2D eigenvalue weighted by Gasteiger charge is 2.27. The van der Waals surface area contributed by atoms with Gasteiger partial charge in [0.1, 0.15) is 4.90 Å². The van der Waals surface area contributed by atoms with E-state index in [4.69, 9.17) is 9.47 Å². The van der Waals surface area contributed by atoms with Gasteiger partial charge in [0.2, 0.25) is 10.0 Å². The summed E-state index contributed by atoms with van der Waals surface area (Å²) in [5.41, 5.74) is 0.800. The second kappa shape index (κ2) is 9.57. The summed E-state index contributed by atoms with van der Waals surface area (Å²) < 4.78 is 36.8. The van der Waals surface area contributed by atoms with E-state index in [-0.39, 0.29) is 23.8 Å². The Morgan fingerprint density at radius 2 is 2.10 bits per heavy atom. The minimum Gasteiger partial charge on any atom is -0.463 e. The van der Waals surface area contributed by atoms with E-state index in [1.807, 2.05) is 0 Å². The summed E-state index contributed by atoms with van der Waals surface area (Å²) in [6.45, 7) is 3.41. The van der Waals surface area contributed by atoms with Crippen molar-refractivity contribution in [1.82, 2.24) is 19.9 Å². The Morgan fingerprint density at radius 3 is 2.76 bits per heavy atom. The summed E-state index contributed by atoms with van der Waals surface area (Å²) in [5, 5.41) is 5.73. The molecular formula is C17H22N4O6S2. The first kappa shape index (κ1) is 21.6. The highest BCUT2D eigenvalue weighted by molar-refractivity contribution is 7.99. The van der Waals surface area contributed by atoms with Crippen molar-refractivity contribution in [1.29, 1.82) is 0 Å². The van der Waals surface area contributed by atoms with Crippen LogP contribution in [0.3, 0.4) is 0 Å². The molecule has 3 heterocycles. The van der Waals surface area contributed by atoms with Crippen LogP contribution >= 0.6 is 11.8 Å². The van der Waals surface area contributed by atoms with Crippen LogP contribution in [0.4, 0.5) is 4.79 Å². The molecule has 1 aromatic heterocycles. The molecule has 0 spiro atoms. The minimum absolute atomic E-state index is 0.0880. The topological polar surface area (TPSA) is 127 Å². The maximum Gasteiger partial charge on any atom is 0.337 e. The lowest BCUT2D eigenvalue weighted by Crippen LogP contribution is -2.44. The molecule has 1 aromatic rings. The number of amides is 2. The van der Waals surface area contributed by atoms with Gasteiger partial charge < -0.3 is 20.1 Å². The maximum atomic E-state index is 12.6. The van der Waals surface area contributed by atoms with Crippen molar-refractivity contribution in [2.24, 2.45) is 0 Å². The molecule has 3 rings (SSSR count). The Balaban J connectivity index is 1.69. The third-order valence-electron chi connectivity index (χ3n) is 4.26. The Morgan fingerprint density at radius 1 is 1.34 bits per heavy atom. The Labute approximate surface area is 173 Å². The van der Waals surface area contributed by atoms with Gasteiger partial charge in [0.25, 0.3) is 0 Å². The number of rotatable bonds is 7. The smallest absolute Gasteiger partial charge is 0.337 e. The molecule has 2 aliphatic heterocycles. The van der Waals surface area contributed by atoms with Crippen LogP contribution in [-0.4, -0.2) is 74.9 Å². The average Bonchev–Trinajstić information content (AvgIpc) is 2.73. The number of thioether (sulfide) groups is 1. The lowest BCUT2D eigenvalue weighted by Gasteiger charge is -2.25. The number of carbonyl (C=O) groups excluding carboxylic acids is 2. The first-order chi connectivity index (χ1) is 13.9. The number of hydrogen-bond donors (Lipinski definition) is 2. The van der Waals surface area contributed by atoms with Gasteiger partial charge in [0.05, 0.1) is 37.0 Å². The van der Waals surface area contributed by atoms with Crippen LogP contribution in [0.1, 0.15) is 6.92 Å². The van der Waals surface area contributed by atoms with E-state index in [9.17, 15) is 18.0 Å². The molecule has 10 nitrogen and oxygen atoms in total. The maximum absolute atomic E-state index is 12.6. The van der Waals surface area contributed by atoms with Crippen LogP contribution in [-0.2, 0) is 24.3 Å². The summed E-state index contributed by atoms with van der Waals surface area (Å²) in [4.78, 5) is 28.0. The molecule has 12 heteroatoms. The summed E-state index contributed by atoms with van der Waals surface area (Å²) in [6.07, 6.45) is 1.31. The van der Waals surface area contributed by atoms with Crippen LogP contribution in [0.5, 0.6) is 0 Å². The van der Waals surface area contributed by atoms with Crippen molar-refractivity contribution in [3.05, 3.63) is 29.6 Å². The number of morpholine rings is 1. The standard InChI is InChI=1S/C17H22N4O6S2/c1-2-27-16(22)13-10-19-17(23)20-14(13)11-28-15-4-3-12(9-18-15)29(24,25)21-5-7-26-8-6-21/h3-4,9H,2,5-8,10-11H2,1H3,(H2,19,20,23). The molecule has 0 saturated carbocycles. The summed E-state index contributed by atoms with van der Waals surface area (Å²) >= 11 is 1.28. The van der Waals surface area contributed by atoms with Crippen LogP contribution in [0.15, 0.2) is 39.5 Å². The number of nitrogens with one attached hydrogen (secondary N) is 2. The number of pyridine rings is 1. The third kappa shape index (κ3) is 5.26. The predicted molar refractivity (Wildman–Crippen MR) is 105 cm³/mol. The van der Waals surface area contributed by atoms with E-state index in [2.05, 4.69) is 15.6 Å². The highest BCUT2D eigenvalue weighted by atomic mass is 32.2. The van der Waals surface area contributed by atoms with Crippen molar-refractivity contribution in [3.63, 3.8) is 0 Å². The second-order valence-electron chi connectivity index (χ2n) is 6.12. The van der Waals surface area contributed by atoms with Gasteiger partial charge in [0, 0.05) is 30.7 Å². The molecule has 1 fully saturated rings. The fourth-order valence-electron chi connectivity index (χ4n) is 2.76. The van der Waals surface area contributed by atoms with Crippen LogP contribution in [0.2, 0.25) is 0 Å². The Kier molecular flexibility index (Phi) is 7.11. The molecule has 0 atom stereocenters. The molecule has 29 heavy (non-hydrogen) atoms. The molecule has 0 radical (unpaired) electrons. The Hall–Kier alpha value is -2.15. The summed E-state index contributed by atoms with van der Waals surface area (Å²) in [6, 6.07) is 2.71. The monoisotopic (exact) mass is 442 g/mol. The van der Waals surface area contributed by atoms with Crippen LogP contribution in [0, 0.1) is 0 Å². The van der Waals surface area contributed by atoms with Gasteiger partial charge in [-0.3, -0.25) is 0 Å². The fraction of sp³-hybridized carbons (Fsp3) is 0.471. The highest BCUT2D eigenvalue weighted by Crippen LogP contribution is 2.23. The lowest BCUT2D eigenvalue weighted by molar-refractivity contribution is -0.138. The predicted octanol–water partition coefficient (Wildman–Crippen LogP) is 0.325. The lowest BCUT2D eigenvalue weighted by atomic mass is 10.2. The summed E-state index contributed by atoms with van der Waals surface area (Å²) in [5.74, 6) is -0.208. The van der Waals surface area contributed by atoms with Crippen LogP contribution in [0.25, 0.3) is 0 Å². The van der Waals surface area contributed by atoms with Crippen molar-refractivity contribution < 1.29 is 27.5 Å². The van der Waals surface area contributed by atoms with Crippen molar-refractivity contribution >= 4 is 33.8 Å². The average molecular weight is 443 g/mol. The van der Waals surface area contributed by atoms with Crippen molar-refractivity contribution in [2.45, 2.75) is 16.8 Å². The second-order valence-corrected chi connectivity index (χ2v) is 9.06. The number of hydrogen-bond acceptors (Lipinski definition) is 8. The Bertz CT molecular complexity index is 895. The summed E-state index contributed by atoms with van der Waals surface area (Å²) in [7, 11) is -3.60. The zero-order valence-corrected chi connectivity index (χ0v) is 17.5. The van der Waals surface area contributed by atoms with Crippen LogP contribution < -0.4 is 10.6 Å². The van der Waals surface area contributed by atoms with E-state index in [1.54, 1.807) is 13.0 Å². The SMILES string of the molecule is CCOC(=O)C1=C(CSc2ccc(S(=O)(=O)N3CCOCC3)cn2)NC(=O)NC1. The van der Waals surface area contributed by atoms with E-state index < -0.39 is 22.0 Å². The number of ether oxygens (including phenoxy) is 2. The molecule has 2 aliphatic rings. The normalized spacial score (nSPS) is 18.2. The number of aromatic nitrogens is 1.